The molecule has 1 aliphatic carbocycles. The second-order valence-electron chi connectivity index (χ2n) is 8.21. The Hall–Kier alpha value is -4.61. The van der Waals surface area contributed by atoms with Gasteiger partial charge in [-0.1, -0.05) is 30.3 Å². The molecular formula is C23H20N8O4. The number of rotatable bonds is 7. The number of aromatic amines is 2. The van der Waals surface area contributed by atoms with Crippen molar-refractivity contribution >= 4 is 11.0 Å². The Labute approximate surface area is 197 Å². The number of hydrogen-bond acceptors (Lipinski definition) is 10. The number of hydrogen-bond donors (Lipinski definition) is 2. The van der Waals surface area contributed by atoms with Crippen molar-refractivity contribution in [3.05, 3.63) is 81.2 Å². The van der Waals surface area contributed by atoms with Crippen molar-refractivity contribution in [1.29, 1.82) is 0 Å². The van der Waals surface area contributed by atoms with Crippen LogP contribution in [0.1, 0.15) is 47.1 Å². The van der Waals surface area contributed by atoms with Gasteiger partial charge >= 0.3 is 5.63 Å². The maximum atomic E-state index is 13.3. The first-order valence-electron chi connectivity index (χ1n) is 11.2. The lowest BCUT2D eigenvalue weighted by atomic mass is 9.78. The summed E-state index contributed by atoms with van der Waals surface area (Å²) in [5.74, 6) is 1.83. The lowest BCUT2D eigenvalue weighted by molar-refractivity contribution is 0.282. The third kappa shape index (κ3) is 4.09. The molecule has 0 fully saturated rings. The zero-order valence-corrected chi connectivity index (χ0v) is 18.5. The minimum atomic E-state index is -0.344. The zero-order chi connectivity index (χ0) is 23.6. The Morgan fingerprint density at radius 2 is 1.71 bits per heavy atom. The molecule has 0 saturated heterocycles. The molecule has 1 unspecified atom stereocenters. The predicted octanol–water partition coefficient (Wildman–Crippen LogP) is 2.45. The van der Waals surface area contributed by atoms with E-state index in [4.69, 9.17) is 13.9 Å². The average Bonchev–Trinajstić information content (AvgIpc) is 3.61. The number of fused-ring (bicyclic) bond motifs is 3. The Morgan fingerprint density at radius 3 is 2.43 bits per heavy atom. The smallest absolute Gasteiger partial charge is 0.340 e. The van der Waals surface area contributed by atoms with Gasteiger partial charge in [0.2, 0.25) is 0 Å². The molecule has 3 heterocycles. The first-order chi connectivity index (χ1) is 17.3. The maximum absolute atomic E-state index is 13.3. The van der Waals surface area contributed by atoms with Gasteiger partial charge in [0.05, 0.1) is 5.39 Å². The van der Waals surface area contributed by atoms with Gasteiger partial charge in [-0.05, 0) is 51.2 Å². The molecule has 12 heteroatoms. The molecule has 0 amide bonds. The van der Waals surface area contributed by atoms with E-state index in [1.807, 2.05) is 30.3 Å². The predicted molar refractivity (Wildman–Crippen MR) is 121 cm³/mol. The quantitative estimate of drug-likeness (QED) is 0.337. The zero-order valence-electron chi connectivity index (χ0n) is 18.5. The van der Waals surface area contributed by atoms with Gasteiger partial charge in [0.25, 0.3) is 0 Å². The largest absolute Gasteiger partial charge is 0.485 e. The van der Waals surface area contributed by atoms with Crippen molar-refractivity contribution in [2.24, 2.45) is 0 Å². The van der Waals surface area contributed by atoms with E-state index in [1.54, 1.807) is 12.1 Å². The van der Waals surface area contributed by atoms with E-state index in [1.165, 1.54) is 0 Å². The van der Waals surface area contributed by atoms with Crippen molar-refractivity contribution in [2.45, 2.75) is 38.4 Å². The first kappa shape index (κ1) is 21.0. The minimum absolute atomic E-state index is 0.0400. The van der Waals surface area contributed by atoms with Gasteiger partial charge in [0, 0.05) is 23.6 Å². The van der Waals surface area contributed by atoms with Gasteiger partial charge < -0.3 is 13.9 Å². The van der Waals surface area contributed by atoms with Crippen LogP contribution in [0.3, 0.4) is 0 Å². The van der Waals surface area contributed by atoms with Crippen molar-refractivity contribution in [3.63, 3.8) is 0 Å². The first-order valence-corrected chi connectivity index (χ1v) is 11.2. The number of aromatic nitrogens is 8. The number of nitrogens with zero attached hydrogens (tertiary/aromatic N) is 6. The summed E-state index contributed by atoms with van der Waals surface area (Å²) >= 11 is 0. The normalized spacial score (nSPS) is 15.1. The molecule has 12 nitrogen and oxygen atoms in total. The number of tetrazole rings is 2. The Bertz CT molecular complexity index is 1500. The molecule has 3 aromatic heterocycles. The summed E-state index contributed by atoms with van der Waals surface area (Å²) in [5.41, 5.74) is 2.76. The van der Waals surface area contributed by atoms with Gasteiger partial charge in [-0.3, -0.25) is 0 Å². The molecule has 35 heavy (non-hydrogen) atoms. The van der Waals surface area contributed by atoms with E-state index in [2.05, 4.69) is 41.2 Å². The van der Waals surface area contributed by atoms with Crippen LogP contribution in [0, 0.1) is 0 Å². The van der Waals surface area contributed by atoms with E-state index in [-0.39, 0.29) is 24.8 Å². The van der Waals surface area contributed by atoms with Gasteiger partial charge in [-0.15, -0.1) is 10.2 Å². The van der Waals surface area contributed by atoms with Crippen LogP contribution >= 0.6 is 0 Å². The molecular weight excluding hydrogens is 452 g/mol. The third-order valence-corrected chi connectivity index (χ3v) is 6.08. The number of benzene rings is 2. The highest BCUT2D eigenvalue weighted by molar-refractivity contribution is 5.89. The Balaban J connectivity index is 1.46. The summed E-state index contributed by atoms with van der Waals surface area (Å²) in [4.78, 5) is 13.3. The SMILES string of the molecule is O=c1oc2cc(OCc3nnn[nH]3)cc(OCc3nnn[nH]3)c2c2c1C(c1ccccc1)CCC2. The molecule has 0 saturated carbocycles. The average molecular weight is 472 g/mol. The number of aryl methyl sites for hydroxylation is 1. The van der Waals surface area contributed by atoms with Crippen LogP contribution in [0.15, 0.2) is 51.7 Å². The summed E-state index contributed by atoms with van der Waals surface area (Å²) in [5, 5.41) is 28.1. The molecule has 6 rings (SSSR count). The summed E-state index contributed by atoms with van der Waals surface area (Å²) in [6.07, 6.45) is 2.55. The molecule has 176 valence electrons. The molecule has 1 atom stereocenters. The lowest BCUT2D eigenvalue weighted by Crippen LogP contribution is -2.21. The highest BCUT2D eigenvalue weighted by Gasteiger charge is 2.29. The van der Waals surface area contributed by atoms with Crippen LogP contribution in [0.25, 0.3) is 11.0 Å². The Kier molecular flexibility index (Phi) is 5.37. The second kappa shape index (κ2) is 8.97. The summed E-state index contributed by atoms with van der Waals surface area (Å²) in [6, 6.07) is 13.5. The fourth-order valence-electron chi connectivity index (χ4n) is 4.59. The summed E-state index contributed by atoms with van der Waals surface area (Å²) < 4.78 is 17.8. The highest BCUT2D eigenvalue weighted by Crippen LogP contribution is 2.42. The van der Waals surface area contributed by atoms with Crippen LogP contribution in [0.2, 0.25) is 0 Å². The molecule has 5 aromatic rings. The molecule has 0 spiro atoms. The fourth-order valence-corrected chi connectivity index (χ4v) is 4.59. The lowest BCUT2D eigenvalue weighted by Gasteiger charge is -2.26. The fraction of sp³-hybridized carbons (Fsp3) is 0.261. The molecule has 0 bridgehead atoms. The highest BCUT2D eigenvalue weighted by atomic mass is 16.5. The van der Waals surface area contributed by atoms with E-state index in [0.717, 1.165) is 35.8 Å². The van der Waals surface area contributed by atoms with Crippen LogP contribution in [-0.2, 0) is 19.6 Å². The monoisotopic (exact) mass is 472 g/mol. The van der Waals surface area contributed by atoms with Crippen LogP contribution in [0.4, 0.5) is 0 Å². The van der Waals surface area contributed by atoms with Gasteiger partial charge in [0.1, 0.15) is 30.3 Å². The van der Waals surface area contributed by atoms with Crippen LogP contribution < -0.4 is 15.1 Å². The van der Waals surface area contributed by atoms with Crippen molar-refractivity contribution < 1.29 is 13.9 Å². The van der Waals surface area contributed by atoms with E-state index in [0.29, 0.717) is 34.3 Å². The van der Waals surface area contributed by atoms with Crippen molar-refractivity contribution in [1.82, 2.24) is 41.2 Å². The molecule has 0 radical (unpaired) electrons. The number of ether oxygens (including phenoxy) is 2. The molecule has 2 N–H and O–H groups in total. The molecule has 1 aliphatic rings. The minimum Gasteiger partial charge on any atom is -0.485 e. The number of H-pyrrole nitrogens is 2. The van der Waals surface area contributed by atoms with Crippen LogP contribution in [-0.4, -0.2) is 41.2 Å². The van der Waals surface area contributed by atoms with Gasteiger partial charge in [0.15, 0.2) is 11.6 Å². The van der Waals surface area contributed by atoms with E-state index in [9.17, 15) is 4.79 Å². The maximum Gasteiger partial charge on any atom is 0.340 e. The second-order valence-corrected chi connectivity index (χ2v) is 8.21. The van der Waals surface area contributed by atoms with Crippen molar-refractivity contribution in [3.8, 4) is 11.5 Å². The summed E-state index contributed by atoms with van der Waals surface area (Å²) in [6.45, 7) is 0.211. The standard InChI is InChI=1S/C23H20N8O4/c32-23-21-15(13-5-2-1-3-6-13)7-4-8-16(21)22-17(34-12-20-26-30-31-27-20)9-14(10-18(22)35-23)33-11-19-24-28-29-25-19/h1-3,5-6,9-10,15H,4,7-8,11-12H2,(H,24,25,28,29)(H,26,27,30,31). The van der Waals surface area contributed by atoms with Gasteiger partial charge in [-0.2, -0.15) is 0 Å². The van der Waals surface area contributed by atoms with Crippen molar-refractivity contribution in [2.75, 3.05) is 0 Å². The van der Waals surface area contributed by atoms with E-state index >= 15 is 0 Å². The van der Waals surface area contributed by atoms with E-state index < -0.39 is 0 Å². The summed E-state index contributed by atoms with van der Waals surface area (Å²) in [7, 11) is 0. The third-order valence-electron chi connectivity index (χ3n) is 6.08. The number of nitrogens with one attached hydrogen (secondary N) is 2. The molecule has 0 aliphatic heterocycles. The van der Waals surface area contributed by atoms with Crippen LogP contribution in [0.5, 0.6) is 11.5 Å². The Morgan fingerprint density at radius 1 is 0.971 bits per heavy atom. The molecule has 2 aromatic carbocycles. The van der Waals surface area contributed by atoms with Gasteiger partial charge in [-0.25, -0.2) is 15.0 Å². The topological polar surface area (TPSA) is 158 Å².